The van der Waals surface area contributed by atoms with Crippen molar-refractivity contribution in [3.63, 3.8) is 0 Å². The van der Waals surface area contributed by atoms with E-state index in [4.69, 9.17) is 26.8 Å². The molecule has 0 aliphatic carbocycles. The number of ether oxygens (including phenoxy) is 2. The lowest BCUT2D eigenvalue weighted by Gasteiger charge is -2.13. The highest BCUT2D eigenvalue weighted by Crippen LogP contribution is 2.28. The van der Waals surface area contributed by atoms with E-state index in [0.717, 1.165) is 11.1 Å². The number of amides is 2. The molecule has 0 fully saturated rings. The molecule has 0 aliphatic rings. The minimum atomic E-state index is -0.657. The van der Waals surface area contributed by atoms with Gasteiger partial charge in [-0.2, -0.15) is 0 Å². The zero-order chi connectivity index (χ0) is 18.6. The number of nitrogens with one attached hydrogen (secondary N) is 1. The fraction of sp³-hybridized carbons (Fsp3) is 0.222. The monoisotopic (exact) mass is 362 g/mol. The summed E-state index contributed by atoms with van der Waals surface area (Å²) in [6, 6.07) is 8.24. The van der Waals surface area contributed by atoms with Crippen molar-refractivity contribution in [2.24, 2.45) is 5.73 Å². The number of carbonyl (C=O) groups excluding carboxylic acids is 2. The highest BCUT2D eigenvalue weighted by molar-refractivity contribution is 6.34. The van der Waals surface area contributed by atoms with E-state index in [2.05, 4.69) is 5.32 Å². The summed E-state index contributed by atoms with van der Waals surface area (Å²) in [5, 5.41) is 3.16. The Morgan fingerprint density at radius 3 is 2.52 bits per heavy atom. The van der Waals surface area contributed by atoms with Crippen molar-refractivity contribution in [3.05, 3.63) is 52.0 Å². The molecule has 0 atom stereocenters. The molecular weight excluding hydrogens is 344 g/mol. The third-order valence-corrected chi connectivity index (χ3v) is 3.81. The van der Waals surface area contributed by atoms with Gasteiger partial charge in [-0.05, 0) is 43.2 Å². The number of anilines is 1. The maximum atomic E-state index is 12.2. The van der Waals surface area contributed by atoms with Crippen molar-refractivity contribution in [2.75, 3.05) is 19.0 Å². The van der Waals surface area contributed by atoms with Crippen LogP contribution in [0.25, 0.3) is 0 Å². The van der Waals surface area contributed by atoms with Gasteiger partial charge in [0.2, 0.25) is 0 Å². The van der Waals surface area contributed by atoms with Crippen LogP contribution >= 0.6 is 11.6 Å². The number of methoxy groups -OCH3 is 1. The summed E-state index contributed by atoms with van der Waals surface area (Å²) in [5.41, 5.74) is 7.85. The van der Waals surface area contributed by atoms with Crippen LogP contribution in [0.1, 0.15) is 21.5 Å². The van der Waals surface area contributed by atoms with Gasteiger partial charge in [0.25, 0.3) is 11.8 Å². The van der Waals surface area contributed by atoms with E-state index in [1.165, 1.54) is 19.2 Å². The topological polar surface area (TPSA) is 90.7 Å². The predicted octanol–water partition coefficient (Wildman–Crippen LogP) is 3.08. The molecule has 0 bridgehead atoms. The maximum absolute atomic E-state index is 12.2. The molecule has 0 radical (unpaired) electrons. The van der Waals surface area contributed by atoms with Crippen molar-refractivity contribution < 1.29 is 19.1 Å². The second-order valence-electron chi connectivity index (χ2n) is 5.50. The van der Waals surface area contributed by atoms with Crippen LogP contribution in [0.5, 0.6) is 11.5 Å². The van der Waals surface area contributed by atoms with Gasteiger partial charge in [-0.25, -0.2) is 0 Å². The minimum absolute atomic E-state index is 0.165. The average Bonchev–Trinajstić information content (AvgIpc) is 2.55. The van der Waals surface area contributed by atoms with Gasteiger partial charge in [0.15, 0.2) is 6.61 Å². The lowest BCUT2D eigenvalue weighted by atomic mass is 10.1. The highest BCUT2D eigenvalue weighted by Gasteiger charge is 2.14. The largest absolute Gasteiger partial charge is 0.497 e. The summed E-state index contributed by atoms with van der Waals surface area (Å²) in [4.78, 5) is 23.6. The molecule has 132 valence electrons. The molecule has 0 aromatic heterocycles. The number of benzene rings is 2. The standard InChI is InChI=1S/C18H19ClN2O4/c1-10-6-11(2)17(14(19)7-10)21-16(22)9-25-15-8-12(24-3)4-5-13(15)18(20)23/h4-8H,9H2,1-3H3,(H2,20,23)(H,21,22). The summed E-state index contributed by atoms with van der Waals surface area (Å²) in [6.45, 7) is 3.46. The number of aryl methyl sites for hydroxylation is 2. The quantitative estimate of drug-likeness (QED) is 0.826. The van der Waals surface area contributed by atoms with Crippen LogP contribution < -0.4 is 20.5 Å². The second-order valence-corrected chi connectivity index (χ2v) is 5.91. The normalized spacial score (nSPS) is 10.2. The van der Waals surface area contributed by atoms with E-state index < -0.39 is 11.8 Å². The molecule has 0 saturated heterocycles. The van der Waals surface area contributed by atoms with Gasteiger partial charge < -0.3 is 20.5 Å². The first-order valence-electron chi connectivity index (χ1n) is 7.49. The number of hydrogen-bond acceptors (Lipinski definition) is 4. The molecule has 0 heterocycles. The van der Waals surface area contributed by atoms with Crippen molar-refractivity contribution in [1.82, 2.24) is 0 Å². The lowest BCUT2D eigenvalue weighted by Crippen LogP contribution is -2.22. The van der Waals surface area contributed by atoms with Crippen LogP contribution in [0.2, 0.25) is 5.02 Å². The van der Waals surface area contributed by atoms with Gasteiger partial charge in [-0.15, -0.1) is 0 Å². The van der Waals surface area contributed by atoms with Crippen LogP contribution in [0.3, 0.4) is 0 Å². The number of hydrogen-bond donors (Lipinski definition) is 2. The zero-order valence-corrected chi connectivity index (χ0v) is 14.9. The Balaban J connectivity index is 2.12. The Labute approximate surface area is 150 Å². The van der Waals surface area contributed by atoms with E-state index in [-0.39, 0.29) is 17.9 Å². The number of rotatable bonds is 6. The molecule has 2 amide bonds. The van der Waals surface area contributed by atoms with Gasteiger partial charge in [-0.1, -0.05) is 17.7 Å². The van der Waals surface area contributed by atoms with E-state index in [0.29, 0.717) is 16.5 Å². The Kier molecular flexibility index (Phi) is 5.88. The van der Waals surface area contributed by atoms with E-state index in [1.807, 2.05) is 19.9 Å². The Morgan fingerprint density at radius 1 is 1.20 bits per heavy atom. The van der Waals surface area contributed by atoms with Gasteiger partial charge >= 0.3 is 0 Å². The van der Waals surface area contributed by atoms with E-state index in [9.17, 15) is 9.59 Å². The molecular formula is C18H19ClN2O4. The molecule has 3 N–H and O–H groups in total. The fourth-order valence-corrected chi connectivity index (χ4v) is 2.71. The number of nitrogens with two attached hydrogens (primary N) is 1. The molecule has 2 aromatic carbocycles. The summed E-state index contributed by atoms with van der Waals surface area (Å²) in [5.74, 6) is -0.408. The van der Waals surface area contributed by atoms with Crippen molar-refractivity contribution in [3.8, 4) is 11.5 Å². The van der Waals surface area contributed by atoms with Crippen molar-refractivity contribution in [1.29, 1.82) is 0 Å². The van der Waals surface area contributed by atoms with Gasteiger partial charge in [0, 0.05) is 6.07 Å². The second kappa shape index (κ2) is 7.90. The van der Waals surface area contributed by atoms with Crippen LogP contribution in [0.4, 0.5) is 5.69 Å². The SMILES string of the molecule is COc1ccc(C(N)=O)c(OCC(=O)Nc2c(C)cc(C)cc2Cl)c1. The smallest absolute Gasteiger partial charge is 0.262 e. The summed E-state index contributed by atoms with van der Waals surface area (Å²) in [7, 11) is 1.48. The van der Waals surface area contributed by atoms with E-state index >= 15 is 0 Å². The highest BCUT2D eigenvalue weighted by atomic mass is 35.5. The zero-order valence-electron chi connectivity index (χ0n) is 14.2. The first-order valence-corrected chi connectivity index (χ1v) is 7.87. The number of halogens is 1. The molecule has 6 nitrogen and oxygen atoms in total. The van der Waals surface area contributed by atoms with Crippen molar-refractivity contribution in [2.45, 2.75) is 13.8 Å². The van der Waals surface area contributed by atoms with Crippen LogP contribution in [0, 0.1) is 13.8 Å². The maximum Gasteiger partial charge on any atom is 0.262 e. The van der Waals surface area contributed by atoms with Crippen LogP contribution in [-0.2, 0) is 4.79 Å². The molecule has 0 saturated carbocycles. The number of carbonyl (C=O) groups is 2. The molecule has 0 spiro atoms. The molecule has 0 aliphatic heterocycles. The van der Waals surface area contributed by atoms with Gasteiger partial charge in [-0.3, -0.25) is 9.59 Å². The fourth-order valence-electron chi connectivity index (χ4n) is 2.35. The average molecular weight is 363 g/mol. The Morgan fingerprint density at radius 2 is 1.92 bits per heavy atom. The number of primary amides is 1. The van der Waals surface area contributed by atoms with Crippen LogP contribution in [0.15, 0.2) is 30.3 Å². The lowest BCUT2D eigenvalue weighted by molar-refractivity contribution is -0.118. The summed E-state index contributed by atoms with van der Waals surface area (Å²) >= 11 is 6.17. The summed E-state index contributed by atoms with van der Waals surface area (Å²) < 4.78 is 10.5. The first-order chi connectivity index (χ1) is 11.8. The molecule has 2 aromatic rings. The predicted molar refractivity (Wildman–Crippen MR) is 96.6 cm³/mol. The van der Waals surface area contributed by atoms with Crippen molar-refractivity contribution >= 4 is 29.1 Å². The van der Waals surface area contributed by atoms with E-state index in [1.54, 1.807) is 12.1 Å². The van der Waals surface area contributed by atoms with Gasteiger partial charge in [0.1, 0.15) is 11.5 Å². The molecule has 0 unspecified atom stereocenters. The molecule has 7 heteroatoms. The third kappa shape index (κ3) is 4.64. The molecule has 25 heavy (non-hydrogen) atoms. The summed E-state index contributed by atoms with van der Waals surface area (Å²) in [6.07, 6.45) is 0. The Bertz CT molecular complexity index is 798. The first kappa shape index (κ1) is 18.6. The molecule has 2 rings (SSSR count). The van der Waals surface area contributed by atoms with Crippen LogP contribution in [-0.4, -0.2) is 25.5 Å². The third-order valence-electron chi connectivity index (χ3n) is 3.51. The minimum Gasteiger partial charge on any atom is -0.497 e. The Hall–Kier alpha value is -2.73. The van der Waals surface area contributed by atoms with Gasteiger partial charge in [0.05, 0.1) is 23.4 Å².